The highest BCUT2D eigenvalue weighted by Crippen LogP contribution is 2.18. The molecular formula is C17H17N3O4. The van der Waals surface area contributed by atoms with Crippen LogP contribution < -0.4 is 10.2 Å². The molecule has 7 nitrogen and oxygen atoms in total. The van der Waals surface area contributed by atoms with Crippen molar-refractivity contribution in [2.24, 2.45) is 5.10 Å². The highest BCUT2D eigenvalue weighted by Gasteiger charge is 2.15. The number of hydrogen-bond donors (Lipinski definition) is 1. The first-order valence-electron chi connectivity index (χ1n) is 7.38. The van der Waals surface area contributed by atoms with E-state index in [4.69, 9.17) is 4.74 Å². The van der Waals surface area contributed by atoms with Crippen LogP contribution in [0.3, 0.4) is 0 Å². The third kappa shape index (κ3) is 4.64. The van der Waals surface area contributed by atoms with Gasteiger partial charge in [0.2, 0.25) is 5.91 Å². The number of nitrogens with one attached hydrogen (secondary N) is 1. The third-order valence-electron chi connectivity index (χ3n) is 3.15. The molecule has 0 radical (unpaired) electrons. The van der Waals surface area contributed by atoms with E-state index in [1.54, 1.807) is 24.3 Å². The zero-order chi connectivity index (χ0) is 17.4. The highest BCUT2D eigenvalue weighted by molar-refractivity contribution is 5.85. The molecule has 2 rings (SSSR count). The molecule has 0 fully saturated rings. The van der Waals surface area contributed by atoms with E-state index in [-0.39, 0.29) is 12.1 Å². The van der Waals surface area contributed by atoms with Crippen LogP contribution in [0.4, 0.5) is 5.69 Å². The van der Waals surface area contributed by atoms with Gasteiger partial charge >= 0.3 is 0 Å². The van der Waals surface area contributed by atoms with E-state index in [1.165, 1.54) is 12.3 Å². The average Bonchev–Trinajstić information content (AvgIpc) is 2.57. The van der Waals surface area contributed by atoms with Gasteiger partial charge in [0, 0.05) is 17.2 Å². The Bertz CT molecular complexity index is 759. The lowest BCUT2D eigenvalue weighted by atomic mass is 10.1. The Kier molecular flexibility index (Phi) is 6.01. The number of hydrazone groups is 1. The van der Waals surface area contributed by atoms with Gasteiger partial charge in [0.05, 0.1) is 24.2 Å². The largest absolute Gasteiger partial charge is 0.493 e. The Labute approximate surface area is 139 Å². The molecule has 0 bridgehead atoms. The Morgan fingerprint density at radius 1 is 1.25 bits per heavy atom. The summed E-state index contributed by atoms with van der Waals surface area (Å²) >= 11 is 0. The predicted octanol–water partition coefficient (Wildman–Crippen LogP) is 2.69. The number of carbonyl (C=O) groups excluding carboxylic acids is 1. The zero-order valence-electron chi connectivity index (χ0n) is 13.1. The van der Waals surface area contributed by atoms with Crippen LogP contribution in [0.5, 0.6) is 5.75 Å². The fourth-order valence-corrected chi connectivity index (χ4v) is 2.10. The lowest BCUT2D eigenvalue weighted by Gasteiger charge is -2.06. The maximum Gasteiger partial charge on any atom is 0.273 e. The van der Waals surface area contributed by atoms with Crippen molar-refractivity contribution in [3.8, 4) is 5.75 Å². The van der Waals surface area contributed by atoms with E-state index in [0.29, 0.717) is 17.9 Å². The summed E-state index contributed by atoms with van der Waals surface area (Å²) in [5, 5.41) is 14.8. The normalized spacial score (nSPS) is 10.5. The molecule has 0 atom stereocenters. The van der Waals surface area contributed by atoms with Crippen molar-refractivity contribution in [1.29, 1.82) is 0 Å². The summed E-state index contributed by atoms with van der Waals surface area (Å²) in [6.45, 7) is 2.40. The van der Waals surface area contributed by atoms with Gasteiger partial charge in [0.25, 0.3) is 5.69 Å². The van der Waals surface area contributed by atoms with Crippen molar-refractivity contribution < 1.29 is 14.5 Å². The van der Waals surface area contributed by atoms with E-state index in [2.05, 4.69) is 10.5 Å². The lowest BCUT2D eigenvalue weighted by molar-refractivity contribution is -0.385. The number of carbonyl (C=O) groups is 1. The molecule has 0 spiro atoms. The summed E-state index contributed by atoms with van der Waals surface area (Å²) in [5.41, 5.74) is 3.35. The number of nitro groups is 1. The molecule has 2 aromatic rings. The Balaban J connectivity index is 2.00. The molecule has 2 aromatic carbocycles. The Hall–Kier alpha value is -3.22. The predicted molar refractivity (Wildman–Crippen MR) is 90.1 cm³/mol. The van der Waals surface area contributed by atoms with Gasteiger partial charge in [-0.3, -0.25) is 14.9 Å². The number of ether oxygens (including phenoxy) is 1. The van der Waals surface area contributed by atoms with E-state index in [1.807, 2.05) is 25.1 Å². The van der Waals surface area contributed by atoms with Gasteiger partial charge in [-0.2, -0.15) is 5.10 Å². The molecule has 0 aliphatic heterocycles. The van der Waals surface area contributed by atoms with Gasteiger partial charge in [-0.1, -0.05) is 30.3 Å². The number of nitrogens with zero attached hydrogens (tertiary/aromatic N) is 2. The van der Waals surface area contributed by atoms with Crippen LogP contribution in [-0.2, 0) is 11.2 Å². The molecular weight excluding hydrogens is 310 g/mol. The van der Waals surface area contributed by atoms with Crippen molar-refractivity contribution in [3.05, 3.63) is 69.8 Å². The van der Waals surface area contributed by atoms with Gasteiger partial charge in [-0.05, 0) is 19.1 Å². The van der Waals surface area contributed by atoms with Gasteiger partial charge < -0.3 is 4.74 Å². The standard InChI is InChI=1S/C17H17N3O4/c1-2-24-16-10-6-4-8-14(16)12-18-19-17(21)11-13-7-3-5-9-15(13)20(22)23/h3-10,12H,2,11H2,1H3,(H,19,21)/b18-12+. The highest BCUT2D eigenvalue weighted by atomic mass is 16.6. The lowest BCUT2D eigenvalue weighted by Crippen LogP contribution is -2.20. The molecule has 0 aliphatic rings. The number of para-hydroxylation sites is 2. The summed E-state index contributed by atoms with van der Waals surface area (Å²) in [7, 11) is 0. The number of amides is 1. The fraction of sp³-hybridized carbons (Fsp3) is 0.176. The first-order chi connectivity index (χ1) is 11.6. The van der Waals surface area contributed by atoms with Crippen molar-refractivity contribution in [3.63, 3.8) is 0 Å². The number of benzene rings is 2. The molecule has 0 aliphatic carbocycles. The van der Waals surface area contributed by atoms with Gasteiger partial charge in [0.15, 0.2) is 0 Å². The molecule has 0 heterocycles. The second-order valence-corrected chi connectivity index (χ2v) is 4.83. The van der Waals surface area contributed by atoms with Crippen molar-refractivity contribution in [2.75, 3.05) is 6.61 Å². The van der Waals surface area contributed by atoms with E-state index in [0.717, 1.165) is 5.56 Å². The number of nitro benzene ring substituents is 1. The Morgan fingerprint density at radius 3 is 2.71 bits per heavy atom. The third-order valence-corrected chi connectivity index (χ3v) is 3.15. The molecule has 0 saturated heterocycles. The van der Waals surface area contributed by atoms with Crippen LogP contribution in [0.25, 0.3) is 0 Å². The van der Waals surface area contributed by atoms with Gasteiger partial charge in [-0.15, -0.1) is 0 Å². The van der Waals surface area contributed by atoms with Crippen LogP contribution >= 0.6 is 0 Å². The molecule has 1 amide bonds. The zero-order valence-corrected chi connectivity index (χ0v) is 13.1. The summed E-state index contributed by atoms with van der Waals surface area (Å²) in [4.78, 5) is 22.3. The molecule has 24 heavy (non-hydrogen) atoms. The topological polar surface area (TPSA) is 93.8 Å². The maximum absolute atomic E-state index is 11.9. The summed E-state index contributed by atoms with van der Waals surface area (Å²) in [5.74, 6) is 0.228. The summed E-state index contributed by atoms with van der Waals surface area (Å²) < 4.78 is 5.45. The molecule has 1 N–H and O–H groups in total. The van der Waals surface area contributed by atoms with Gasteiger partial charge in [-0.25, -0.2) is 5.43 Å². The summed E-state index contributed by atoms with van der Waals surface area (Å²) in [6.07, 6.45) is 1.35. The minimum Gasteiger partial charge on any atom is -0.493 e. The SMILES string of the molecule is CCOc1ccccc1/C=N/NC(=O)Cc1ccccc1[N+](=O)[O-]. The van der Waals surface area contributed by atoms with Gasteiger partial charge in [0.1, 0.15) is 5.75 Å². The first-order valence-corrected chi connectivity index (χ1v) is 7.38. The minimum atomic E-state index is -0.510. The summed E-state index contributed by atoms with van der Waals surface area (Å²) in [6, 6.07) is 13.4. The fourth-order valence-electron chi connectivity index (χ4n) is 2.10. The average molecular weight is 327 g/mol. The quantitative estimate of drug-likeness (QED) is 0.480. The molecule has 124 valence electrons. The van der Waals surface area contributed by atoms with Crippen LogP contribution in [0.15, 0.2) is 53.6 Å². The van der Waals surface area contributed by atoms with E-state index < -0.39 is 10.8 Å². The monoisotopic (exact) mass is 327 g/mol. The van der Waals surface area contributed by atoms with Crippen molar-refractivity contribution in [1.82, 2.24) is 5.43 Å². The first kappa shape index (κ1) is 17.1. The maximum atomic E-state index is 11.9. The van der Waals surface area contributed by atoms with E-state index >= 15 is 0 Å². The van der Waals surface area contributed by atoms with Crippen molar-refractivity contribution >= 4 is 17.8 Å². The van der Waals surface area contributed by atoms with Crippen LogP contribution in [0.1, 0.15) is 18.1 Å². The Morgan fingerprint density at radius 2 is 1.96 bits per heavy atom. The second-order valence-electron chi connectivity index (χ2n) is 4.83. The minimum absolute atomic E-state index is 0.0849. The van der Waals surface area contributed by atoms with Crippen LogP contribution in [0, 0.1) is 10.1 Å². The second kappa shape index (κ2) is 8.42. The van der Waals surface area contributed by atoms with Crippen molar-refractivity contribution in [2.45, 2.75) is 13.3 Å². The molecule has 0 aromatic heterocycles. The molecule has 7 heteroatoms. The smallest absolute Gasteiger partial charge is 0.273 e. The number of rotatable bonds is 7. The number of hydrogen-bond acceptors (Lipinski definition) is 5. The van der Waals surface area contributed by atoms with Crippen LogP contribution in [0.2, 0.25) is 0 Å². The van der Waals surface area contributed by atoms with Crippen LogP contribution in [-0.4, -0.2) is 23.7 Å². The van der Waals surface area contributed by atoms with E-state index in [9.17, 15) is 14.9 Å². The molecule has 0 saturated carbocycles. The molecule has 0 unspecified atom stereocenters.